The molecule has 0 N–H and O–H groups in total. The maximum absolute atomic E-state index is 12.4. The van der Waals surface area contributed by atoms with Gasteiger partial charge in [-0.05, 0) is 80.5 Å². The van der Waals surface area contributed by atoms with Crippen LogP contribution in [0.4, 0.5) is 4.79 Å². The van der Waals surface area contributed by atoms with Crippen LogP contribution in [0.25, 0.3) is 0 Å². The summed E-state index contributed by atoms with van der Waals surface area (Å²) >= 11 is 2.29. The fourth-order valence-corrected chi connectivity index (χ4v) is 3.90. The van der Waals surface area contributed by atoms with Crippen LogP contribution in [-0.4, -0.2) is 34.8 Å². The van der Waals surface area contributed by atoms with Gasteiger partial charge in [0.1, 0.15) is 17.5 Å². The van der Waals surface area contributed by atoms with E-state index in [0.717, 1.165) is 31.4 Å². The van der Waals surface area contributed by atoms with Crippen molar-refractivity contribution in [1.82, 2.24) is 4.90 Å². The largest absolute Gasteiger partial charge is 0.490 e. The Balaban J connectivity index is 1.62. The van der Waals surface area contributed by atoms with Crippen LogP contribution in [0.2, 0.25) is 0 Å². The highest BCUT2D eigenvalue weighted by atomic mass is 127. The third-order valence-electron chi connectivity index (χ3n) is 4.41. The van der Waals surface area contributed by atoms with Gasteiger partial charge < -0.3 is 14.4 Å². The number of amides is 1. The molecule has 4 nitrogen and oxygen atoms in total. The predicted molar refractivity (Wildman–Crippen MR) is 97.7 cm³/mol. The maximum atomic E-state index is 12.4. The number of hydrogen-bond acceptors (Lipinski definition) is 3. The number of fused-ring (bicyclic) bond motifs is 2. The minimum Gasteiger partial charge on any atom is -0.490 e. The normalized spacial score (nSPS) is 27.0. The number of rotatable bonds is 2. The van der Waals surface area contributed by atoms with Crippen molar-refractivity contribution in [3.8, 4) is 5.75 Å². The Kier molecular flexibility index (Phi) is 4.76. The van der Waals surface area contributed by atoms with Gasteiger partial charge in [-0.3, -0.25) is 0 Å². The van der Waals surface area contributed by atoms with Gasteiger partial charge in [-0.2, -0.15) is 0 Å². The summed E-state index contributed by atoms with van der Waals surface area (Å²) in [6, 6.07) is 8.64. The van der Waals surface area contributed by atoms with Gasteiger partial charge in [0.05, 0.1) is 0 Å². The van der Waals surface area contributed by atoms with Crippen molar-refractivity contribution in [2.24, 2.45) is 0 Å². The minimum atomic E-state index is -0.439. The van der Waals surface area contributed by atoms with Gasteiger partial charge in [0.25, 0.3) is 0 Å². The number of piperidine rings is 1. The summed E-state index contributed by atoms with van der Waals surface area (Å²) in [5, 5.41) is 0. The minimum absolute atomic E-state index is 0.169. The zero-order chi connectivity index (χ0) is 16.6. The van der Waals surface area contributed by atoms with Crippen molar-refractivity contribution < 1.29 is 14.3 Å². The van der Waals surface area contributed by atoms with Gasteiger partial charge in [-0.15, -0.1) is 0 Å². The van der Waals surface area contributed by atoms with Crippen LogP contribution >= 0.6 is 22.6 Å². The average molecular weight is 429 g/mol. The molecule has 0 spiro atoms. The van der Waals surface area contributed by atoms with Gasteiger partial charge in [0, 0.05) is 28.5 Å². The highest BCUT2D eigenvalue weighted by molar-refractivity contribution is 14.1. The van der Waals surface area contributed by atoms with Crippen LogP contribution in [0.5, 0.6) is 5.75 Å². The highest BCUT2D eigenvalue weighted by Crippen LogP contribution is 2.38. The van der Waals surface area contributed by atoms with E-state index in [9.17, 15) is 4.79 Å². The van der Waals surface area contributed by atoms with E-state index in [4.69, 9.17) is 9.47 Å². The van der Waals surface area contributed by atoms with E-state index < -0.39 is 5.60 Å². The van der Waals surface area contributed by atoms with Crippen molar-refractivity contribution in [2.45, 2.75) is 70.2 Å². The van der Waals surface area contributed by atoms with Crippen molar-refractivity contribution in [3.63, 3.8) is 0 Å². The van der Waals surface area contributed by atoms with Gasteiger partial charge in [0.15, 0.2) is 0 Å². The van der Waals surface area contributed by atoms with Crippen LogP contribution < -0.4 is 4.74 Å². The average Bonchev–Trinajstić information content (AvgIpc) is 2.72. The molecule has 2 aliphatic heterocycles. The molecule has 2 fully saturated rings. The number of nitrogens with zero attached hydrogens (tertiary/aromatic N) is 1. The molecule has 0 aromatic heterocycles. The monoisotopic (exact) mass is 429 g/mol. The van der Waals surface area contributed by atoms with Crippen LogP contribution in [0.1, 0.15) is 46.5 Å². The molecule has 2 atom stereocenters. The lowest BCUT2D eigenvalue weighted by Crippen LogP contribution is -2.50. The topological polar surface area (TPSA) is 38.8 Å². The standard InChI is InChI=1S/C18H24INO3/c1-18(2,3)23-17(21)20-13-6-7-14(20)11-16(10-13)22-15-8-4-12(19)5-9-15/h4-5,8-9,13-14,16H,6-7,10-11H2,1-3H3. The highest BCUT2D eigenvalue weighted by Gasteiger charge is 2.45. The Morgan fingerprint density at radius 1 is 1.13 bits per heavy atom. The molecule has 2 unspecified atom stereocenters. The Bertz CT molecular complexity index is 553. The molecule has 1 aromatic rings. The summed E-state index contributed by atoms with van der Waals surface area (Å²) in [7, 11) is 0. The van der Waals surface area contributed by atoms with Gasteiger partial charge >= 0.3 is 6.09 Å². The molecule has 5 heteroatoms. The van der Waals surface area contributed by atoms with Gasteiger partial charge in [0.2, 0.25) is 0 Å². The lowest BCUT2D eigenvalue weighted by molar-refractivity contribution is -0.00707. The maximum Gasteiger partial charge on any atom is 0.410 e. The second kappa shape index (κ2) is 6.49. The van der Waals surface area contributed by atoms with E-state index in [1.807, 2.05) is 37.8 Å². The summed E-state index contributed by atoms with van der Waals surface area (Å²) in [5.41, 5.74) is -0.439. The molecule has 2 bridgehead atoms. The molecule has 2 aliphatic rings. The van der Waals surface area contributed by atoms with Crippen molar-refractivity contribution in [3.05, 3.63) is 27.8 Å². The molecule has 23 heavy (non-hydrogen) atoms. The molecule has 1 aromatic carbocycles. The van der Waals surface area contributed by atoms with Crippen LogP contribution in [0.3, 0.4) is 0 Å². The van der Waals surface area contributed by atoms with E-state index >= 15 is 0 Å². The second-order valence-corrected chi connectivity index (χ2v) is 8.68. The third kappa shape index (κ3) is 4.11. The SMILES string of the molecule is CC(C)(C)OC(=O)N1C2CCC1CC(Oc1ccc(I)cc1)C2. The smallest absolute Gasteiger partial charge is 0.410 e. The molecule has 126 valence electrons. The Labute approximate surface area is 151 Å². The number of ether oxygens (including phenoxy) is 2. The molecule has 0 saturated carbocycles. The van der Waals surface area contributed by atoms with Crippen LogP contribution in [0, 0.1) is 3.57 Å². The van der Waals surface area contributed by atoms with Crippen molar-refractivity contribution >= 4 is 28.7 Å². The van der Waals surface area contributed by atoms with E-state index in [2.05, 4.69) is 34.7 Å². The Morgan fingerprint density at radius 3 is 2.22 bits per heavy atom. The molecule has 0 aliphatic carbocycles. The first kappa shape index (κ1) is 16.9. The molecular formula is C18H24INO3. The zero-order valence-electron chi connectivity index (χ0n) is 13.9. The number of halogens is 1. The van der Waals surface area contributed by atoms with Gasteiger partial charge in [-0.1, -0.05) is 0 Å². The molecule has 0 radical (unpaired) electrons. The summed E-state index contributed by atoms with van der Waals surface area (Å²) in [6.45, 7) is 5.75. The summed E-state index contributed by atoms with van der Waals surface area (Å²) < 4.78 is 12.9. The molecular weight excluding hydrogens is 405 g/mol. The van der Waals surface area contributed by atoms with E-state index in [0.29, 0.717) is 0 Å². The molecule has 1 amide bonds. The number of benzene rings is 1. The molecule has 3 rings (SSSR count). The van der Waals surface area contributed by atoms with Crippen molar-refractivity contribution in [1.29, 1.82) is 0 Å². The fraction of sp³-hybridized carbons (Fsp3) is 0.611. The van der Waals surface area contributed by atoms with Gasteiger partial charge in [-0.25, -0.2) is 4.79 Å². The first-order chi connectivity index (χ1) is 10.8. The second-order valence-electron chi connectivity index (χ2n) is 7.44. The number of carbonyl (C=O) groups is 1. The first-order valence-electron chi connectivity index (χ1n) is 8.25. The zero-order valence-corrected chi connectivity index (χ0v) is 16.1. The Hall–Kier alpha value is -0.980. The predicted octanol–water partition coefficient (Wildman–Crippen LogP) is 4.60. The fourth-order valence-electron chi connectivity index (χ4n) is 3.54. The van der Waals surface area contributed by atoms with Crippen molar-refractivity contribution in [2.75, 3.05) is 0 Å². The van der Waals surface area contributed by atoms with E-state index in [1.54, 1.807) is 0 Å². The summed E-state index contributed by atoms with van der Waals surface area (Å²) in [4.78, 5) is 14.4. The molecule has 2 saturated heterocycles. The number of hydrogen-bond donors (Lipinski definition) is 0. The van der Waals surface area contributed by atoms with E-state index in [-0.39, 0.29) is 24.3 Å². The lowest BCUT2D eigenvalue weighted by atomic mass is 10.00. The molecule has 2 heterocycles. The van der Waals surface area contributed by atoms with E-state index in [1.165, 1.54) is 3.57 Å². The number of carbonyl (C=O) groups excluding carboxylic acids is 1. The van der Waals surface area contributed by atoms with Crippen LogP contribution in [-0.2, 0) is 4.74 Å². The summed E-state index contributed by atoms with van der Waals surface area (Å²) in [6.07, 6.45) is 3.90. The third-order valence-corrected chi connectivity index (χ3v) is 5.13. The quantitative estimate of drug-likeness (QED) is 0.646. The first-order valence-corrected chi connectivity index (χ1v) is 9.33. The van der Waals surface area contributed by atoms with Crippen LogP contribution in [0.15, 0.2) is 24.3 Å². The lowest BCUT2D eigenvalue weighted by Gasteiger charge is -2.39. The summed E-state index contributed by atoms with van der Waals surface area (Å²) in [5.74, 6) is 0.917. The Morgan fingerprint density at radius 2 is 1.70 bits per heavy atom.